The van der Waals surface area contributed by atoms with Crippen LogP contribution in [0, 0.1) is 5.92 Å². The highest BCUT2D eigenvalue weighted by Crippen LogP contribution is 2.27. The fourth-order valence-corrected chi connectivity index (χ4v) is 1.54. The molecule has 0 heterocycles. The highest BCUT2D eigenvalue weighted by molar-refractivity contribution is 6.30. The third-order valence-electron chi connectivity index (χ3n) is 2.36. The predicted molar refractivity (Wildman–Crippen MR) is 67.7 cm³/mol. The number of hydrogen-bond acceptors (Lipinski definition) is 4. The van der Waals surface area contributed by atoms with Gasteiger partial charge in [-0.2, -0.15) is 0 Å². The van der Waals surface area contributed by atoms with Crippen molar-refractivity contribution in [3.05, 3.63) is 23.2 Å². The van der Waals surface area contributed by atoms with Crippen molar-refractivity contribution < 1.29 is 14.3 Å². The number of rotatable bonds is 5. The molecule has 0 saturated carbocycles. The van der Waals surface area contributed by atoms with E-state index < -0.39 is 0 Å². The number of nitrogens with one attached hydrogen (secondary N) is 1. The Kier molecular flexibility index (Phi) is 5.10. The first-order valence-corrected chi connectivity index (χ1v) is 5.61. The van der Waals surface area contributed by atoms with E-state index in [-0.39, 0.29) is 11.9 Å². The highest BCUT2D eigenvalue weighted by atomic mass is 35.5. The SMILES string of the molecule is COC(=O)C(C)CNc1cc(Cl)ccc1OC. The summed E-state index contributed by atoms with van der Waals surface area (Å²) in [6.07, 6.45) is 0. The van der Waals surface area contributed by atoms with Crippen LogP contribution in [0.4, 0.5) is 5.69 Å². The smallest absolute Gasteiger partial charge is 0.310 e. The molecular formula is C12H16ClNO3. The summed E-state index contributed by atoms with van der Waals surface area (Å²) in [6.45, 7) is 2.25. The van der Waals surface area contributed by atoms with Crippen LogP contribution in [0.1, 0.15) is 6.92 Å². The van der Waals surface area contributed by atoms with Crippen LogP contribution in [0.2, 0.25) is 5.02 Å². The van der Waals surface area contributed by atoms with E-state index in [0.29, 0.717) is 17.3 Å². The molecule has 1 rings (SSSR count). The first-order valence-electron chi connectivity index (χ1n) is 5.23. The Labute approximate surface area is 106 Å². The molecule has 94 valence electrons. The largest absolute Gasteiger partial charge is 0.495 e. The first kappa shape index (κ1) is 13.6. The summed E-state index contributed by atoms with van der Waals surface area (Å²) in [7, 11) is 2.96. The molecule has 0 bridgehead atoms. The lowest BCUT2D eigenvalue weighted by molar-refractivity contribution is -0.144. The van der Waals surface area contributed by atoms with Gasteiger partial charge < -0.3 is 14.8 Å². The molecule has 5 heteroatoms. The summed E-state index contributed by atoms with van der Waals surface area (Å²) in [5, 5.41) is 3.72. The van der Waals surface area contributed by atoms with E-state index in [1.165, 1.54) is 7.11 Å². The molecule has 0 fully saturated rings. The molecular weight excluding hydrogens is 242 g/mol. The van der Waals surface area contributed by atoms with Crippen LogP contribution < -0.4 is 10.1 Å². The number of carbonyl (C=O) groups is 1. The normalized spacial score (nSPS) is 11.8. The van der Waals surface area contributed by atoms with E-state index in [9.17, 15) is 4.79 Å². The number of hydrogen-bond donors (Lipinski definition) is 1. The van der Waals surface area contributed by atoms with Crippen LogP contribution in [-0.2, 0) is 9.53 Å². The Morgan fingerprint density at radius 1 is 1.47 bits per heavy atom. The molecule has 1 aromatic rings. The maximum absolute atomic E-state index is 11.2. The van der Waals surface area contributed by atoms with Crippen LogP contribution in [0.15, 0.2) is 18.2 Å². The Hall–Kier alpha value is -1.42. The lowest BCUT2D eigenvalue weighted by Gasteiger charge is -2.14. The third kappa shape index (κ3) is 3.82. The summed E-state index contributed by atoms with van der Waals surface area (Å²) in [6, 6.07) is 5.27. The van der Waals surface area contributed by atoms with Crippen molar-refractivity contribution in [3.63, 3.8) is 0 Å². The van der Waals surface area contributed by atoms with E-state index in [1.54, 1.807) is 32.2 Å². The van der Waals surface area contributed by atoms with Gasteiger partial charge in [-0.3, -0.25) is 4.79 Å². The number of anilines is 1. The summed E-state index contributed by atoms with van der Waals surface area (Å²) < 4.78 is 9.83. The van der Waals surface area contributed by atoms with Gasteiger partial charge in [0.15, 0.2) is 0 Å². The Morgan fingerprint density at radius 3 is 2.76 bits per heavy atom. The van der Waals surface area contributed by atoms with Crippen molar-refractivity contribution >= 4 is 23.3 Å². The molecule has 1 aromatic carbocycles. The van der Waals surface area contributed by atoms with Crippen LogP contribution in [0.25, 0.3) is 0 Å². The van der Waals surface area contributed by atoms with Crippen molar-refractivity contribution in [1.82, 2.24) is 0 Å². The van der Waals surface area contributed by atoms with Crippen molar-refractivity contribution in [2.24, 2.45) is 5.92 Å². The molecule has 0 radical (unpaired) electrons. The summed E-state index contributed by atoms with van der Waals surface area (Å²) in [4.78, 5) is 11.2. The first-order chi connectivity index (χ1) is 8.08. The molecule has 1 unspecified atom stereocenters. The maximum atomic E-state index is 11.2. The van der Waals surface area contributed by atoms with E-state index in [4.69, 9.17) is 16.3 Å². The minimum absolute atomic E-state index is 0.233. The second-order valence-corrected chi connectivity index (χ2v) is 4.09. The summed E-state index contributed by atoms with van der Waals surface area (Å²) in [5.41, 5.74) is 0.760. The Bertz CT molecular complexity index is 395. The van der Waals surface area contributed by atoms with Crippen LogP contribution in [0.5, 0.6) is 5.75 Å². The molecule has 4 nitrogen and oxygen atoms in total. The zero-order valence-electron chi connectivity index (χ0n) is 10.1. The monoisotopic (exact) mass is 257 g/mol. The second kappa shape index (κ2) is 6.35. The van der Waals surface area contributed by atoms with Crippen LogP contribution in [-0.4, -0.2) is 26.7 Å². The average molecular weight is 258 g/mol. The van der Waals surface area contributed by atoms with Crippen LogP contribution in [0.3, 0.4) is 0 Å². The number of esters is 1. The quantitative estimate of drug-likeness (QED) is 0.824. The summed E-state index contributed by atoms with van der Waals surface area (Å²) in [5.74, 6) is 0.202. The van der Waals surface area contributed by atoms with Gasteiger partial charge in [-0.05, 0) is 18.2 Å². The van der Waals surface area contributed by atoms with E-state index >= 15 is 0 Å². The second-order valence-electron chi connectivity index (χ2n) is 3.65. The molecule has 17 heavy (non-hydrogen) atoms. The molecule has 1 N–H and O–H groups in total. The molecule has 0 saturated heterocycles. The van der Waals surface area contributed by atoms with Crippen molar-refractivity contribution in [3.8, 4) is 5.75 Å². The van der Waals surface area contributed by atoms with Gasteiger partial charge in [0.05, 0.1) is 25.8 Å². The Balaban J connectivity index is 2.68. The molecule has 0 aliphatic carbocycles. The van der Waals surface area contributed by atoms with Crippen molar-refractivity contribution in [2.45, 2.75) is 6.92 Å². The van der Waals surface area contributed by atoms with Gasteiger partial charge in [0.25, 0.3) is 0 Å². The minimum atomic E-state index is -0.251. The lowest BCUT2D eigenvalue weighted by Crippen LogP contribution is -2.21. The van der Waals surface area contributed by atoms with E-state index in [1.807, 2.05) is 0 Å². The molecule has 1 atom stereocenters. The zero-order chi connectivity index (χ0) is 12.8. The Morgan fingerprint density at radius 2 is 2.18 bits per heavy atom. The number of benzene rings is 1. The summed E-state index contributed by atoms with van der Waals surface area (Å²) >= 11 is 5.89. The molecule has 0 amide bonds. The number of ether oxygens (including phenoxy) is 2. The number of methoxy groups -OCH3 is 2. The topological polar surface area (TPSA) is 47.6 Å². The van der Waals surface area contributed by atoms with Gasteiger partial charge in [0, 0.05) is 11.6 Å². The van der Waals surface area contributed by atoms with E-state index in [2.05, 4.69) is 10.1 Å². The van der Waals surface area contributed by atoms with Crippen molar-refractivity contribution in [1.29, 1.82) is 0 Å². The molecule has 0 spiro atoms. The van der Waals surface area contributed by atoms with Gasteiger partial charge in [-0.1, -0.05) is 18.5 Å². The lowest BCUT2D eigenvalue weighted by atomic mass is 10.2. The van der Waals surface area contributed by atoms with Gasteiger partial charge in [-0.25, -0.2) is 0 Å². The van der Waals surface area contributed by atoms with Gasteiger partial charge >= 0.3 is 5.97 Å². The molecule has 0 aromatic heterocycles. The molecule has 0 aliphatic heterocycles. The van der Waals surface area contributed by atoms with Crippen molar-refractivity contribution in [2.75, 3.05) is 26.1 Å². The number of carbonyl (C=O) groups excluding carboxylic acids is 1. The predicted octanol–water partition coefficient (Wildman–Crippen LogP) is 2.57. The van der Waals surface area contributed by atoms with Gasteiger partial charge in [-0.15, -0.1) is 0 Å². The van der Waals surface area contributed by atoms with Crippen LogP contribution >= 0.6 is 11.6 Å². The minimum Gasteiger partial charge on any atom is -0.495 e. The third-order valence-corrected chi connectivity index (χ3v) is 2.60. The average Bonchev–Trinajstić information content (AvgIpc) is 2.35. The van der Waals surface area contributed by atoms with E-state index in [0.717, 1.165) is 5.69 Å². The standard InChI is InChI=1S/C12H16ClNO3/c1-8(12(15)17-3)7-14-10-6-9(13)4-5-11(10)16-2/h4-6,8,14H,7H2,1-3H3. The van der Waals surface area contributed by atoms with Gasteiger partial charge in [0.1, 0.15) is 5.75 Å². The number of halogens is 1. The highest BCUT2D eigenvalue weighted by Gasteiger charge is 2.13. The zero-order valence-corrected chi connectivity index (χ0v) is 10.9. The van der Waals surface area contributed by atoms with Gasteiger partial charge in [0.2, 0.25) is 0 Å². The fraction of sp³-hybridized carbons (Fsp3) is 0.417. The fourth-order valence-electron chi connectivity index (χ4n) is 1.37. The maximum Gasteiger partial charge on any atom is 0.310 e. The molecule has 0 aliphatic rings.